The van der Waals surface area contributed by atoms with Crippen LogP contribution < -0.4 is 19.1 Å². The second-order valence-electron chi connectivity index (χ2n) is 9.36. The highest BCUT2D eigenvalue weighted by atomic mass is 32.1. The zero-order valence-electron chi connectivity index (χ0n) is 22.3. The number of hydrogen-bond donors (Lipinski definition) is 0. The molecule has 2 aliphatic rings. The number of carbonyl (C=O) groups excluding carboxylic acids is 2. The molecule has 0 N–H and O–H groups in total. The molecule has 0 unspecified atom stereocenters. The fraction of sp³-hybridized carbons (Fsp3) is 0.444. The van der Waals surface area contributed by atoms with E-state index in [1.54, 1.807) is 37.8 Å². The Labute approximate surface area is 231 Å². The Balaban J connectivity index is 1.18. The number of thiazole rings is 1. The third-order valence-electron chi connectivity index (χ3n) is 7.25. The van der Waals surface area contributed by atoms with Crippen molar-refractivity contribution in [3.05, 3.63) is 52.4 Å². The van der Waals surface area contributed by atoms with Gasteiger partial charge in [-0.05, 0) is 25.0 Å². The van der Waals surface area contributed by atoms with Crippen molar-refractivity contribution in [1.82, 2.24) is 24.8 Å². The fourth-order valence-electron chi connectivity index (χ4n) is 5.10. The second-order valence-corrected chi connectivity index (χ2v) is 10.3. The number of hydrogen-bond acceptors (Lipinski definition) is 10. The van der Waals surface area contributed by atoms with Gasteiger partial charge in [0.15, 0.2) is 11.5 Å². The van der Waals surface area contributed by atoms with Crippen LogP contribution in [0, 0.1) is 0 Å². The Morgan fingerprint density at radius 2 is 1.59 bits per heavy atom. The molecule has 2 saturated heterocycles. The smallest absolute Gasteiger partial charge is 0.273 e. The summed E-state index contributed by atoms with van der Waals surface area (Å²) in [5.74, 6) is 2.16. The van der Waals surface area contributed by atoms with Crippen LogP contribution in [0.3, 0.4) is 0 Å². The molecule has 1 aromatic carbocycles. The van der Waals surface area contributed by atoms with Crippen LogP contribution in [-0.4, -0.2) is 97.2 Å². The van der Waals surface area contributed by atoms with Crippen LogP contribution >= 0.6 is 11.3 Å². The molecule has 0 saturated carbocycles. The maximum Gasteiger partial charge on any atom is 0.273 e. The maximum absolute atomic E-state index is 13.3. The number of carbonyl (C=O) groups is 2. The lowest BCUT2D eigenvalue weighted by Gasteiger charge is -2.34. The minimum absolute atomic E-state index is 0.0375. The predicted molar refractivity (Wildman–Crippen MR) is 146 cm³/mol. The normalized spacial score (nSPS) is 16.2. The molecule has 0 bridgehead atoms. The largest absolute Gasteiger partial charge is 0.493 e. The number of likely N-dealkylation sites (tertiary alicyclic amines) is 1. The van der Waals surface area contributed by atoms with Gasteiger partial charge in [-0.1, -0.05) is 0 Å². The van der Waals surface area contributed by atoms with Gasteiger partial charge in [-0.2, -0.15) is 0 Å². The number of methoxy groups -OCH3 is 3. The lowest BCUT2D eigenvalue weighted by molar-refractivity contribution is 0.0708. The monoisotopic (exact) mass is 552 g/mol. The summed E-state index contributed by atoms with van der Waals surface area (Å²) in [6, 6.07) is 3.42. The number of benzene rings is 1. The Morgan fingerprint density at radius 3 is 2.23 bits per heavy atom. The summed E-state index contributed by atoms with van der Waals surface area (Å²) in [4.78, 5) is 45.5. The van der Waals surface area contributed by atoms with Crippen molar-refractivity contribution in [3.63, 3.8) is 0 Å². The van der Waals surface area contributed by atoms with Crippen molar-refractivity contribution < 1.29 is 23.8 Å². The number of amides is 2. The van der Waals surface area contributed by atoms with Crippen LogP contribution in [0.4, 0.5) is 5.82 Å². The van der Waals surface area contributed by atoms with Gasteiger partial charge in [-0.3, -0.25) is 14.6 Å². The molecule has 0 aliphatic carbocycles. The molecular weight excluding hydrogens is 520 g/mol. The lowest BCUT2D eigenvalue weighted by atomic mass is 9.96. The Morgan fingerprint density at radius 1 is 0.872 bits per heavy atom. The van der Waals surface area contributed by atoms with E-state index >= 15 is 0 Å². The lowest BCUT2D eigenvalue weighted by Crippen LogP contribution is -2.49. The maximum atomic E-state index is 13.3. The van der Waals surface area contributed by atoms with Crippen molar-refractivity contribution in [2.24, 2.45) is 0 Å². The molecule has 2 amide bonds. The Hall–Kier alpha value is -3.93. The molecule has 0 spiro atoms. The molecule has 2 aliphatic heterocycles. The van der Waals surface area contributed by atoms with Gasteiger partial charge >= 0.3 is 0 Å². The molecule has 0 radical (unpaired) electrons. The summed E-state index contributed by atoms with van der Waals surface area (Å²) in [6.07, 6.45) is 6.63. The average Bonchev–Trinajstić information content (AvgIpc) is 3.50. The molecule has 12 heteroatoms. The molecule has 2 aromatic heterocycles. The predicted octanol–water partition coefficient (Wildman–Crippen LogP) is 2.94. The number of ether oxygens (including phenoxy) is 3. The van der Waals surface area contributed by atoms with Crippen LogP contribution in [0.5, 0.6) is 17.2 Å². The molecule has 39 heavy (non-hydrogen) atoms. The quantitative estimate of drug-likeness (QED) is 0.437. The van der Waals surface area contributed by atoms with E-state index in [9.17, 15) is 9.59 Å². The first-order chi connectivity index (χ1) is 19.0. The summed E-state index contributed by atoms with van der Waals surface area (Å²) in [5.41, 5.74) is 0.937. The summed E-state index contributed by atoms with van der Waals surface area (Å²) in [7, 11) is 4.58. The van der Waals surface area contributed by atoms with Gasteiger partial charge in [-0.15, -0.1) is 11.3 Å². The number of rotatable bonds is 7. The number of aromatic nitrogens is 3. The van der Waals surface area contributed by atoms with E-state index in [0.29, 0.717) is 67.8 Å². The summed E-state index contributed by atoms with van der Waals surface area (Å²) in [6.45, 7) is 3.82. The van der Waals surface area contributed by atoms with Gasteiger partial charge in [0.2, 0.25) is 5.75 Å². The number of piperidine rings is 1. The van der Waals surface area contributed by atoms with E-state index in [2.05, 4.69) is 14.9 Å². The van der Waals surface area contributed by atoms with Gasteiger partial charge in [0.1, 0.15) is 11.5 Å². The van der Waals surface area contributed by atoms with E-state index in [1.165, 1.54) is 25.6 Å². The van der Waals surface area contributed by atoms with E-state index in [1.807, 2.05) is 15.2 Å². The number of piperazine rings is 1. The van der Waals surface area contributed by atoms with Gasteiger partial charge < -0.3 is 28.9 Å². The average molecular weight is 553 g/mol. The summed E-state index contributed by atoms with van der Waals surface area (Å²) < 4.78 is 16.3. The molecule has 3 aromatic rings. The van der Waals surface area contributed by atoms with E-state index in [-0.39, 0.29) is 17.7 Å². The van der Waals surface area contributed by atoms with Crippen molar-refractivity contribution in [2.75, 3.05) is 65.5 Å². The highest BCUT2D eigenvalue weighted by Gasteiger charge is 2.31. The zero-order chi connectivity index (χ0) is 27.4. The Bertz CT molecular complexity index is 1300. The third kappa shape index (κ3) is 5.47. The van der Waals surface area contributed by atoms with E-state index in [4.69, 9.17) is 19.2 Å². The van der Waals surface area contributed by atoms with Crippen LogP contribution in [-0.2, 0) is 0 Å². The molecular formula is C27H32N6O5S. The standard InChI is InChI=1S/C27H32N6O5S/c1-36-21-5-4-19(23(37-2)24(21)38-3)26(34)32-10-6-18(7-11-32)25-30-20(17-39-25)27(35)33-14-12-31(13-15-33)22-16-28-8-9-29-22/h4-5,8-9,16-18H,6-7,10-15H2,1-3H3. The molecule has 5 rings (SSSR count). The number of nitrogens with zero attached hydrogens (tertiary/aromatic N) is 6. The van der Waals surface area contributed by atoms with Gasteiger partial charge in [0.05, 0.1) is 38.1 Å². The van der Waals surface area contributed by atoms with Crippen molar-refractivity contribution >= 4 is 29.0 Å². The topological polar surface area (TPSA) is 110 Å². The number of anilines is 1. The summed E-state index contributed by atoms with van der Waals surface area (Å²) >= 11 is 1.53. The first-order valence-corrected chi connectivity index (χ1v) is 13.8. The SMILES string of the molecule is COc1ccc(C(=O)N2CCC(c3nc(C(=O)N4CCN(c5cnccn5)CC4)cs3)CC2)c(OC)c1OC. The molecule has 0 atom stereocenters. The van der Waals surface area contributed by atoms with E-state index in [0.717, 1.165) is 23.7 Å². The molecule has 4 heterocycles. The molecule has 2 fully saturated rings. The Kier molecular flexibility index (Phi) is 8.10. The highest BCUT2D eigenvalue weighted by molar-refractivity contribution is 7.09. The van der Waals surface area contributed by atoms with Crippen LogP contribution in [0.25, 0.3) is 0 Å². The highest BCUT2D eigenvalue weighted by Crippen LogP contribution is 2.41. The van der Waals surface area contributed by atoms with Gasteiger partial charge in [0, 0.05) is 63.0 Å². The molecule has 11 nitrogen and oxygen atoms in total. The molecule has 206 valence electrons. The zero-order valence-corrected chi connectivity index (χ0v) is 23.1. The summed E-state index contributed by atoms with van der Waals surface area (Å²) in [5, 5.41) is 2.81. The van der Waals surface area contributed by atoms with Crippen molar-refractivity contribution in [1.29, 1.82) is 0 Å². The second kappa shape index (κ2) is 11.9. The minimum Gasteiger partial charge on any atom is -0.493 e. The first kappa shape index (κ1) is 26.7. The fourth-order valence-corrected chi connectivity index (χ4v) is 6.06. The third-order valence-corrected chi connectivity index (χ3v) is 8.25. The van der Waals surface area contributed by atoms with Gasteiger partial charge in [-0.25, -0.2) is 9.97 Å². The van der Waals surface area contributed by atoms with Gasteiger partial charge in [0.25, 0.3) is 11.8 Å². The first-order valence-electron chi connectivity index (χ1n) is 12.9. The van der Waals surface area contributed by atoms with Crippen LogP contribution in [0.15, 0.2) is 36.1 Å². The minimum atomic E-state index is -0.109. The van der Waals surface area contributed by atoms with Crippen molar-refractivity contribution in [3.8, 4) is 17.2 Å². The van der Waals surface area contributed by atoms with E-state index < -0.39 is 0 Å². The van der Waals surface area contributed by atoms with Crippen LogP contribution in [0.1, 0.15) is 44.6 Å². The van der Waals surface area contributed by atoms with Crippen LogP contribution in [0.2, 0.25) is 0 Å². The van der Waals surface area contributed by atoms with Crippen molar-refractivity contribution in [2.45, 2.75) is 18.8 Å².